The third kappa shape index (κ3) is 2.70. The molecule has 0 aliphatic carbocycles. The summed E-state index contributed by atoms with van der Waals surface area (Å²) in [6, 6.07) is 2.38. The van der Waals surface area contributed by atoms with Gasteiger partial charge in [0.25, 0.3) is 5.69 Å². The quantitative estimate of drug-likeness (QED) is 0.518. The first-order chi connectivity index (χ1) is 7.27. The highest BCUT2D eigenvalue weighted by atomic mass is 79.9. The van der Waals surface area contributed by atoms with E-state index in [1.165, 1.54) is 12.1 Å². The predicted octanol–water partition coefficient (Wildman–Crippen LogP) is 1.79. The molecule has 6 nitrogen and oxygen atoms in total. The van der Waals surface area contributed by atoms with Crippen molar-refractivity contribution in [1.29, 1.82) is 0 Å². The number of nitro groups is 1. The first kappa shape index (κ1) is 13.4. The van der Waals surface area contributed by atoms with Gasteiger partial charge in [-0.15, -0.1) is 0 Å². The Bertz CT molecular complexity index is 546. The molecule has 0 saturated carbocycles. The summed E-state index contributed by atoms with van der Waals surface area (Å²) in [5.41, 5.74) is -0.0808. The topological polar surface area (TPSA) is 103 Å². The van der Waals surface area contributed by atoms with Crippen LogP contribution >= 0.6 is 27.5 Å². The maximum atomic E-state index is 11.2. The normalized spacial score (nSPS) is 11.4. The Morgan fingerprint density at radius 1 is 1.50 bits per heavy atom. The number of nitrogens with two attached hydrogens (primary N) is 1. The number of hydrogen-bond donors (Lipinski definition) is 1. The van der Waals surface area contributed by atoms with E-state index in [9.17, 15) is 18.5 Å². The van der Waals surface area contributed by atoms with E-state index in [-0.39, 0.29) is 5.33 Å². The molecule has 0 saturated heterocycles. The lowest BCUT2D eigenvalue weighted by Gasteiger charge is -2.04. The van der Waals surface area contributed by atoms with Gasteiger partial charge < -0.3 is 0 Å². The van der Waals surface area contributed by atoms with Crippen molar-refractivity contribution < 1.29 is 13.3 Å². The molecule has 0 spiro atoms. The molecule has 0 bridgehead atoms. The maximum Gasteiger partial charge on any atom is 0.289 e. The van der Waals surface area contributed by atoms with E-state index in [4.69, 9.17) is 16.7 Å². The van der Waals surface area contributed by atoms with E-state index in [0.29, 0.717) is 5.56 Å². The molecule has 9 heteroatoms. The molecule has 88 valence electrons. The fourth-order valence-corrected chi connectivity index (χ4v) is 2.55. The molecule has 0 unspecified atom stereocenters. The van der Waals surface area contributed by atoms with Gasteiger partial charge >= 0.3 is 0 Å². The lowest BCUT2D eigenvalue weighted by molar-refractivity contribution is -0.385. The summed E-state index contributed by atoms with van der Waals surface area (Å²) in [6.07, 6.45) is 0. The molecule has 0 aromatic heterocycles. The average molecular weight is 330 g/mol. The number of alkyl halides is 1. The van der Waals surface area contributed by atoms with Crippen molar-refractivity contribution in [1.82, 2.24) is 0 Å². The Balaban J connectivity index is 3.63. The Labute approximate surface area is 105 Å². The smallest absolute Gasteiger partial charge is 0.258 e. The van der Waals surface area contributed by atoms with Crippen LogP contribution in [0.2, 0.25) is 5.02 Å². The largest absolute Gasteiger partial charge is 0.289 e. The molecule has 0 atom stereocenters. The number of benzene rings is 1. The molecule has 0 amide bonds. The monoisotopic (exact) mass is 328 g/mol. The Hall–Kier alpha value is -0.700. The van der Waals surface area contributed by atoms with E-state index < -0.39 is 30.6 Å². The summed E-state index contributed by atoms with van der Waals surface area (Å²) in [5, 5.41) is 15.3. The van der Waals surface area contributed by atoms with Gasteiger partial charge in [0.1, 0.15) is 9.92 Å². The lowest BCUT2D eigenvalue weighted by Crippen LogP contribution is -2.13. The van der Waals surface area contributed by atoms with Crippen LogP contribution in [0.4, 0.5) is 5.69 Å². The van der Waals surface area contributed by atoms with Crippen LogP contribution in [0.1, 0.15) is 5.56 Å². The molecular formula is C7H6BrClN2O4S. The predicted molar refractivity (Wildman–Crippen MR) is 62.1 cm³/mol. The zero-order valence-electron chi connectivity index (χ0n) is 7.68. The van der Waals surface area contributed by atoms with Gasteiger partial charge in [-0.1, -0.05) is 27.5 Å². The van der Waals surface area contributed by atoms with Gasteiger partial charge in [0.15, 0.2) is 0 Å². The molecule has 0 aliphatic rings. The Morgan fingerprint density at radius 3 is 2.44 bits per heavy atom. The zero-order valence-corrected chi connectivity index (χ0v) is 10.8. The van der Waals surface area contributed by atoms with Crippen LogP contribution < -0.4 is 5.14 Å². The van der Waals surface area contributed by atoms with Crippen molar-refractivity contribution in [3.05, 3.63) is 32.8 Å². The van der Waals surface area contributed by atoms with Crippen molar-refractivity contribution in [2.75, 3.05) is 0 Å². The minimum atomic E-state index is -4.08. The summed E-state index contributed by atoms with van der Waals surface area (Å²) in [5.74, 6) is 0. The van der Waals surface area contributed by atoms with Crippen molar-refractivity contribution in [3.8, 4) is 0 Å². The Kier molecular flexibility index (Phi) is 3.89. The van der Waals surface area contributed by atoms with Gasteiger partial charge in [0.05, 0.1) is 4.92 Å². The molecule has 1 aromatic rings. The van der Waals surface area contributed by atoms with E-state index in [2.05, 4.69) is 15.9 Å². The molecule has 16 heavy (non-hydrogen) atoms. The molecule has 0 fully saturated rings. The second kappa shape index (κ2) is 4.66. The van der Waals surface area contributed by atoms with Gasteiger partial charge in [0, 0.05) is 11.4 Å². The number of nitrogens with zero attached hydrogens (tertiary/aromatic N) is 1. The van der Waals surface area contributed by atoms with Crippen LogP contribution in [-0.4, -0.2) is 13.3 Å². The van der Waals surface area contributed by atoms with Gasteiger partial charge in [-0.05, 0) is 11.6 Å². The number of nitro benzene ring substituents is 1. The number of primary sulfonamides is 1. The highest BCUT2D eigenvalue weighted by Crippen LogP contribution is 2.32. The summed E-state index contributed by atoms with van der Waals surface area (Å²) in [4.78, 5) is 9.43. The van der Waals surface area contributed by atoms with Crippen molar-refractivity contribution in [2.24, 2.45) is 5.14 Å². The molecule has 0 heterocycles. The molecule has 0 radical (unpaired) electrons. The highest BCUT2D eigenvalue weighted by Gasteiger charge is 2.23. The van der Waals surface area contributed by atoms with Crippen LogP contribution in [0.5, 0.6) is 0 Å². The second-order valence-corrected chi connectivity index (χ2v) is 5.33. The van der Waals surface area contributed by atoms with Crippen molar-refractivity contribution in [3.63, 3.8) is 0 Å². The minimum Gasteiger partial charge on any atom is -0.258 e. The molecule has 2 N–H and O–H groups in total. The van der Waals surface area contributed by atoms with E-state index in [0.717, 1.165) is 0 Å². The van der Waals surface area contributed by atoms with Gasteiger partial charge in [-0.3, -0.25) is 10.1 Å². The lowest BCUT2D eigenvalue weighted by atomic mass is 10.2. The van der Waals surface area contributed by atoms with Gasteiger partial charge in [-0.2, -0.15) is 0 Å². The fraction of sp³-hybridized carbons (Fsp3) is 0.143. The van der Waals surface area contributed by atoms with Crippen LogP contribution in [0.25, 0.3) is 0 Å². The SMILES string of the molecule is NS(=O)(=O)c1cc(CBr)cc([N+](=O)[O-])c1Cl. The maximum absolute atomic E-state index is 11.2. The summed E-state index contributed by atoms with van der Waals surface area (Å²) >= 11 is 8.67. The second-order valence-electron chi connectivity index (χ2n) is 2.86. The molecule has 1 rings (SSSR count). The fourth-order valence-electron chi connectivity index (χ4n) is 1.06. The standard InChI is InChI=1S/C7H6BrClN2O4S/c8-3-4-1-5(11(12)13)7(9)6(2-4)16(10,14)15/h1-2H,3H2,(H2,10,14,15). The summed E-state index contributed by atoms with van der Waals surface area (Å²) < 4.78 is 22.3. The summed E-state index contributed by atoms with van der Waals surface area (Å²) in [7, 11) is -4.08. The minimum absolute atomic E-state index is 0.257. The van der Waals surface area contributed by atoms with Gasteiger partial charge in [0.2, 0.25) is 10.0 Å². The van der Waals surface area contributed by atoms with E-state index in [1.807, 2.05) is 0 Å². The first-order valence-electron chi connectivity index (χ1n) is 3.83. The zero-order chi connectivity index (χ0) is 12.5. The number of hydrogen-bond acceptors (Lipinski definition) is 4. The molecule has 0 aliphatic heterocycles. The van der Waals surface area contributed by atoms with Crippen LogP contribution in [0, 0.1) is 10.1 Å². The highest BCUT2D eigenvalue weighted by molar-refractivity contribution is 9.08. The van der Waals surface area contributed by atoms with Crippen LogP contribution in [-0.2, 0) is 15.4 Å². The van der Waals surface area contributed by atoms with E-state index in [1.54, 1.807) is 0 Å². The third-order valence-electron chi connectivity index (χ3n) is 1.74. The number of sulfonamides is 1. The van der Waals surface area contributed by atoms with Crippen molar-refractivity contribution >= 4 is 43.2 Å². The van der Waals surface area contributed by atoms with E-state index >= 15 is 0 Å². The first-order valence-corrected chi connectivity index (χ1v) is 6.87. The average Bonchev–Trinajstić information content (AvgIpc) is 2.15. The number of halogens is 2. The molecule has 1 aromatic carbocycles. The summed E-state index contributed by atoms with van der Waals surface area (Å²) in [6.45, 7) is 0. The van der Waals surface area contributed by atoms with Crippen LogP contribution in [0.15, 0.2) is 17.0 Å². The van der Waals surface area contributed by atoms with Gasteiger partial charge in [-0.25, -0.2) is 13.6 Å². The molecular weight excluding hydrogens is 324 g/mol. The van der Waals surface area contributed by atoms with Crippen LogP contribution in [0.3, 0.4) is 0 Å². The van der Waals surface area contributed by atoms with Crippen molar-refractivity contribution in [2.45, 2.75) is 10.2 Å². The number of rotatable bonds is 3. The third-order valence-corrected chi connectivity index (χ3v) is 3.83. The Morgan fingerprint density at radius 2 is 2.06 bits per heavy atom.